The van der Waals surface area contributed by atoms with Crippen molar-refractivity contribution >= 4 is 21.4 Å². The maximum atomic E-state index is 14.7. The van der Waals surface area contributed by atoms with Crippen molar-refractivity contribution in [1.82, 2.24) is 0 Å². The van der Waals surface area contributed by atoms with Crippen molar-refractivity contribution in [3.8, 4) is 22.3 Å². The summed E-state index contributed by atoms with van der Waals surface area (Å²) in [6, 6.07) is 14.3. The van der Waals surface area contributed by atoms with E-state index in [1.165, 1.54) is 12.1 Å². The Hall–Kier alpha value is -2.97. The largest absolute Gasteiger partial charge is 0.383 e. The van der Waals surface area contributed by atoms with Crippen molar-refractivity contribution in [2.45, 2.75) is 13.8 Å². The van der Waals surface area contributed by atoms with E-state index in [1.807, 2.05) is 50.2 Å². The molecular formula is C25H28F2N2O3S. The Morgan fingerprint density at radius 2 is 1.42 bits per heavy atom. The Kier molecular flexibility index (Phi) is 7.39. The van der Waals surface area contributed by atoms with E-state index in [0.29, 0.717) is 28.6 Å². The van der Waals surface area contributed by atoms with Gasteiger partial charge >= 0.3 is 0 Å². The topological polar surface area (TPSA) is 58.6 Å². The highest BCUT2D eigenvalue weighted by Gasteiger charge is 2.22. The molecule has 3 rings (SSSR count). The number of ether oxygens (including phenoxy) is 1. The molecule has 0 saturated heterocycles. The van der Waals surface area contributed by atoms with Gasteiger partial charge in [0.15, 0.2) is 11.6 Å². The SMILES string of the molecule is COCCNc1ccc(-c2cc(C)c(-c3cc(F)c(N(C)S(C)(=O)=O)c(F)c3)cc2C)cc1. The number of anilines is 2. The van der Waals surface area contributed by atoms with Crippen LogP contribution in [0.5, 0.6) is 0 Å². The van der Waals surface area contributed by atoms with E-state index in [9.17, 15) is 17.2 Å². The minimum atomic E-state index is -3.80. The first-order chi connectivity index (χ1) is 15.5. The van der Waals surface area contributed by atoms with Crippen LogP contribution < -0.4 is 9.62 Å². The molecule has 176 valence electrons. The molecule has 0 amide bonds. The maximum absolute atomic E-state index is 14.7. The first-order valence-corrected chi connectivity index (χ1v) is 12.3. The second-order valence-corrected chi connectivity index (χ2v) is 10.0. The van der Waals surface area contributed by atoms with Crippen molar-refractivity contribution in [2.24, 2.45) is 0 Å². The molecule has 33 heavy (non-hydrogen) atoms. The standard InChI is InChI=1S/C25H28F2N2O3S/c1-16-13-22(19-14-23(26)25(24(27)15-19)29(3)33(5,30)31)17(2)12-21(16)18-6-8-20(9-7-18)28-10-11-32-4/h6-9,12-15,28H,10-11H2,1-5H3. The quantitative estimate of drug-likeness (QED) is 0.446. The van der Waals surface area contributed by atoms with Gasteiger partial charge in [-0.3, -0.25) is 4.31 Å². The van der Waals surface area contributed by atoms with Crippen LogP contribution in [-0.4, -0.2) is 42.0 Å². The van der Waals surface area contributed by atoms with Gasteiger partial charge < -0.3 is 10.1 Å². The van der Waals surface area contributed by atoms with Crippen LogP contribution in [0.1, 0.15) is 11.1 Å². The van der Waals surface area contributed by atoms with Gasteiger partial charge in [-0.1, -0.05) is 24.3 Å². The lowest BCUT2D eigenvalue weighted by Gasteiger charge is -2.19. The van der Waals surface area contributed by atoms with Gasteiger partial charge in [0.2, 0.25) is 10.0 Å². The van der Waals surface area contributed by atoms with Crippen LogP contribution in [0.15, 0.2) is 48.5 Å². The molecule has 0 spiro atoms. The van der Waals surface area contributed by atoms with E-state index >= 15 is 0 Å². The second kappa shape index (κ2) is 9.89. The van der Waals surface area contributed by atoms with E-state index in [-0.39, 0.29) is 0 Å². The number of sulfonamides is 1. The lowest BCUT2D eigenvalue weighted by atomic mass is 9.91. The molecule has 1 N–H and O–H groups in total. The summed E-state index contributed by atoms with van der Waals surface area (Å²) >= 11 is 0. The molecule has 0 heterocycles. The fourth-order valence-corrected chi connectivity index (χ4v) is 4.20. The zero-order valence-corrected chi connectivity index (χ0v) is 20.2. The number of benzene rings is 3. The molecule has 0 aliphatic heterocycles. The summed E-state index contributed by atoms with van der Waals surface area (Å²) in [4.78, 5) is 0. The van der Waals surface area contributed by atoms with Gasteiger partial charge in [-0.2, -0.15) is 0 Å². The van der Waals surface area contributed by atoms with E-state index in [1.54, 1.807) is 7.11 Å². The van der Waals surface area contributed by atoms with Gasteiger partial charge in [0.1, 0.15) is 5.69 Å². The summed E-state index contributed by atoms with van der Waals surface area (Å²) in [5.74, 6) is -1.87. The average molecular weight is 475 g/mol. The first kappa shape index (κ1) is 24.7. The van der Waals surface area contributed by atoms with Crippen molar-refractivity contribution < 1.29 is 21.9 Å². The zero-order chi connectivity index (χ0) is 24.3. The number of halogens is 2. The van der Waals surface area contributed by atoms with Gasteiger partial charge in [0, 0.05) is 26.4 Å². The molecule has 0 unspecified atom stereocenters. The van der Waals surface area contributed by atoms with Crippen LogP contribution in [-0.2, 0) is 14.8 Å². The molecule has 0 saturated carbocycles. The lowest BCUT2D eigenvalue weighted by molar-refractivity contribution is 0.211. The van der Waals surface area contributed by atoms with E-state index < -0.39 is 27.3 Å². The predicted molar refractivity (Wildman–Crippen MR) is 130 cm³/mol. The molecule has 0 fully saturated rings. The molecule has 0 atom stereocenters. The summed E-state index contributed by atoms with van der Waals surface area (Å²) in [6.45, 7) is 5.16. The number of methoxy groups -OCH3 is 1. The van der Waals surface area contributed by atoms with Crippen LogP contribution in [0, 0.1) is 25.5 Å². The number of hydrogen-bond donors (Lipinski definition) is 1. The van der Waals surface area contributed by atoms with Crippen molar-refractivity contribution in [3.63, 3.8) is 0 Å². The second-order valence-electron chi connectivity index (χ2n) is 8.00. The Morgan fingerprint density at radius 1 is 0.909 bits per heavy atom. The molecule has 8 heteroatoms. The highest BCUT2D eigenvalue weighted by atomic mass is 32.2. The monoisotopic (exact) mass is 474 g/mol. The van der Waals surface area contributed by atoms with E-state index in [0.717, 1.165) is 41.2 Å². The Balaban J connectivity index is 1.95. The Bertz CT molecular complexity index is 1240. The van der Waals surface area contributed by atoms with E-state index in [2.05, 4.69) is 5.32 Å². The zero-order valence-electron chi connectivity index (χ0n) is 19.4. The smallest absolute Gasteiger partial charge is 0.232 e. The number of hydrogen-bond acceptors (Lipinski definition) is 4. The van der Waals surface area contributed by atoms with Crippen LogP contribution in [0.3, 0.4) is 0 Å². The number of aryl methyl sites for hydroxylation is 2. The summed E-state index contributed by atoms with van der Waals surface area (Å²) < 4.78 is 58.6. The van der Waals surface area contributed by atoms with Crippen molar-refractivity contribution in [2.75, 3.05) is 43.2 Å². The third kappa shape index (κ3) is 5.51. The summed E-state index contributed by atoms with van der Waals surface area (Å²) in [5.41, 5.74) is 5.28. The minimum absolute atomic E-state index is 0.348. The fourth-order valence-electron chi connectivity index (χ4n) is 3.69. The minimum Gasteiger partial charge on any atom is -0.383 e. The lowest BCUT2D eigenvalue weighted by Crippen LogP contribution is -2.26. The molecule has 0 bridgehead atoms. The van der Waals surface area contributed by atoms with Crippen LogP contribution in [0.25, 0.3) is 22.3 Å². The molecule has 3 aromatic carbocycles. The molecular weight excluding hydrogens is 446 g/mol. The highest BCUT2D eigenvalue weighted by molar-refractivity contribution is 7.92. The number of nitrogens with zero attached hydrogens (tertiary/aromatic N) is 1. The average Bonchev–Trinajstić information content (AvgIpc) is 2.74. The maximum Gasteiger partial charge on any atom is 0.232 e. The number of nitrogens with one attached hydrogen (secondary N) is 1. The van der Waals surface area contributed by atoms with Crippen LogP contribution in [0.4, 0.5) is 20.2 Å². The van der Waals surface area contributed by atoms with Crippen LogP contribution in [0.2, 0.25) is 0 Å². The van der Waals surface area contributed by atoms with Crippen molar-refractivity contribution in [3.05, 3.63) is 71.3 Å². The van der Waals surface area contributed by atoms with Gasteiger partial charge in [-0.15, -0.1) is 0 Å². The van der Waals surface area contributed by atoms with Gasteiger partial charge in [-0.25, -0.2) is 17.2 Å². The normalized spacial score (nSPS) is 11.5. The van der Waals surface area contributed by atoms with Gasteiger partial charge in [0.05, 0.1) is 12.9 Å². The summed E-state index contributed by atoms with van der Waals surface area (Å²) in [6.07, 6.45) is 0.897. The molecule has 0 radical (unpaired) electrons. The molecule has 5 nitrogen and oxygen atoms in total. The van der Waals surface area contributed by atoms with Crippen molar-refractivity contribution in [1.29, 1.82) is 0 Å². The molecule has 0 aliphatic rings. The molecule has 3 aromatic rings. The third-order valence-electron chi connectivity index (χ3n) is 5.54. The highest BCUT2D eigenvalue weighted by Crippen LogP contribution is 2.35. The Labute approximate surface area is 194 Å². The summed E-state index contributed by atoms with van der Waals surface area (Å²) in [7, 11) is -1.02. The number of rotatable bonds is 8. The van der Waals surface area contributed by atoms with E-state index in [4.69, 9.17) is 4.74 Å². The predicted octanol–water partition coefficient (Wildman–Crippen LogP) is 5.37. The van der Waals surface area contributed by atoms with Gasteiger partial charge in [-0.05, 0) is 71.5 Å². The third-order valence-corrected chi connectivity index (χ3v) is 6.72. The van der Waals surface area contributed by atoms with Gasteiger partial charge in [0.25, 0.3) is 0 Å². The Morgan fingerprint density at radius 3 is 1.91 bits per heavy atom. The fraction of sp³-hybridized carbons (Fsp3) is 0.280. The first-order valence-electron chi connectivity index (χ1n) is 10.4. The summed E-state index contributed by atoms with van der Waals surface area (Å²) in [5, 5.41) is 3.28. The van der Waals surface area contributed by atoms with Crippen LogP contribution >= 0.6 is 0 Å². The molecule has 0 aliphatic carbocycles. The molecule has 0 aromatic heterocycles.